The minimum Gasteiger partial charge on any atom is -0.494 e. The summed E-state index contributed by atoms with van der Waals surface area (Å²) in [5, 5.41) is 19.5. The molecule has 0 bridgehead atoms. The van der Waals surface area contributed by atoms with Gasteiger partial charge in [-0.3, -0.25) is 4.79 Å². The van der Waals surface area contributed by atoms with Crippen LogP contribution >= 0.6 is 0 Å². The molecule has 0 amide bonds. The predicted molar refractivity (Wildman–Crippen MR) is 90.5 cm³/mol. The van der Waals surface area contributed by atoms with Crippen LogP contribution in [0.1, 0.15) is 26.3 Å². The Bertz CT molecular complexity index is 725. The van der Waals surface area contributed by atoms with Crippen molar-refractivity contribution >= 4 is 18.6 Å². The molecular weight excluding hydrogens is 346 g/mol. The number of halogens is 1. The first-order valence-electron chi connectivity index (χ1n) is 7.76. The third kappa shape index (κ3) is 5.57. The van der Waals surface area contributed by atoms with Gasteiger partial charge in [-0.05, 0) is 32.4 Å². The van der Waals surface area contributed by atoms with Gasteiger partial charge in [0.25, 0.3) is 11.9 Å². The van der Waals surface area contributed by atoms with Crippen molar-refractivity contribution in [2.24, 2.45) is 0 Å². The molecule has 2 N–H and O–H groups in total. The van der Waals surface area contributed by atoms with Crippen LogP contribution in [0.4, 0.5) is 4.39 Å². The molecule has 0 aliphatic carbocycles. The first kappa shape index (κ1) is 19.4. The number of pyridine rings is 1. The van der Waals surface area contributed by atoms with Crippen molar-refractivity contribution in [1.29, 1.82) is 0 Å². The first-order chi connectivity index (χ1) is 12.0. The van der Waals surface area contributed by atoms with E-state index in [0.29, 0.717) is 5.56 Å². The fraction of sp³-hybridized carbons (Fsp3) is 0.375. The van der Waals surface area contributed by atoms with Gasteiger partial charge in [0.2, 0.25) is 5.95 Å². The standard InChI is InChI=1S/C16H20BFN2O6/c1-16(2,3)24-12(21)6-10-5-11(15(18)19-7-10)17-25-13(22)8-20(4)9-14(23)26-17/h5,7-9,22-23H,6H2,1-4H3. The Morgan fingerprint density at radius 3 is 2.42 bits per heavy atom. The molecule has 2 heterocycles. The molecule has 0 fully saturated rings. The van der Waals surface area contributed by atoms with Crippen LogP contribution in [0.15, 0.2) is 36.6 Å². The Morgan fingerprint density at radius 1 is 1.31 bits per heavy atom. The van der Waals surface area contributed by atoms with E-state index in [9.17, 15) is 19.4 Å². The second kappa shape index (κ2) is 7.55. The number of esters is 1. The number of hydrogen-bond donors (Lipinski definition) is 2. The molecule has 0 radical (unpaired) electrons. The highest BCUT2D eigenvalue weighted by Gasteiger charge is 2.34. The second-order valence-corrected chi connectivity index (χ2v) is 6.65. The van der Waals surface area contributed by atoms with Crippen molar-refractivity contribution in [3.05, 3.63) is 48.1 Å². The zero-order valence-corrected chi connectivity index (χ0v) is 14.9. The highest BCUT2D eigenvalue weighted by Crippen LogP contribution is 2.13. The van der Waals surface area contributed by atoms with Crippen LogP contribution in [0.25, 0.3) is 0 Å². The topological polar surface area (TPSA) is 101 Å². The van der Waals surface area contributed by atoms with E-state index < -0.39 is 36.5 Å². The summed E-state index contributed by atoms with van der Waals surface area (Å²) in [4.78, 5) is 16.8. The van der Waals surface area contributed by atoms with Gasteiger partial charge < -0.3 is 29.2 Å². The summed E-state index contributed by atoms with van der Waals surface area (Å²) < 4.78 is 29.5. The molecule has 0 saturated carbocycles. The number of aromatic nitrogens is 1. The smallest absolute Gasteiger partial charge is 0.494 e. The molecular formula is C16H20BFN2O6. The number of ether oxygens (including phenoxy) is 1. The van der Waals surface area contributed by atoms with Crippen LogP contribution in [-0.4, -0.2) is 45.8 Å². The lowest BCUT2D eigenvalue weighted by Gasteiger charge is -2.21. The van der Waals surface area contributed by atoms with E-state index >= 15 is 0 Å². The Hall–Kier alpha value is -2.91. The molecule has 0 aromatic carbocycles. The number of nitrogens with zero attached hydrogens (tertiary/aromatic N) is 2. The molecule has 0 unspecified atom stereocenters. The van der Waals surface area contributed by atoms with E-state index in [4.69, 9.17) is 14.0 Å². The quantitative estimate of drug-likeness (QED) is 0.472. The van der Waals surface area contributed by atoms with Gasteiger partial charge in [-0.25, -0.2) is 4.98 Å². The van der Waals surface area contributed by atoms with Crippen molar-refractivity contribution in [2.45, 2.75) is 32.8 Å². The summed E-state index contributed by atoms with van der Waals surface area (Å²) >= 11 is 0. The number of carbonyl (C=O) groups excluding carboxylic acids is 1. The van der Waals surface area contributed by atoms with Crippen LogP contribution in [0, 0.1) is 5.95 Å². The Balaban J connectivity index is 2.25. The van der Waals surface area contributed by atoms with Gasteiger partial charge in [-0.1, -0.05) is 0 Å². The lowest BCUT2D eigenvalue weighted by Crippen LogP contribution is -2.40. The zero-order valence-electron chi connectivity index (χ0n) is 14.9. The molecule has 1 aromatic rings. The van der Waals surface area contributed by atoms with E-state index in [0.717, 1.165) is 12.4 Å². The third-order valence-electron chi connectivity index (χ3n) is 3.03. The summed E-state index contributed by atoms with van der Waals surface area (Å²) in [6.07, 6.45) is 3.35. The van der Waals surface area contributed by atoms with E-state index in [2.05, 4.69) is 4.98 Å². The minimum absolute atomic E-state index is 0.142. The normalized spacial score (nSPS) is 15.1. The first-order valence-corrected chi connectivity index (χ1v) is 7.76. The van der Waals surface area contributed by atoms with E-state index in [1.54, 1.807) is 20.8 Å². The molecule has 2 rings (SSSR count). The van der Waals surface area contributed by atoms with Crippen LogP contribution in [0.5, 0.6) is 0 Å². The molecule has 8 nitrogen and oxygen atoms in total. The maximum absolute atomic E-state index is 14.1. The largest absolute Gasteiger partial charge is 0.641 e. The zero-order chi connectivity index (χ0) is 19.5. The van der Waals surface area contributed by atoms with Gasteiger partial charge in [0, 0.05) is 13.2 Å². The second-order valence-electron chi connectivity index (χ2n) is 6.65. The predicted octanol–water partition coefficient (Wildman–Crippen LogP) is 1.49. The Kier molecular flexibility index (Phi) is 5.64. The van der Waals surface area contributed by atoms with Crippen molar-refractivity contribution in [2.75, 3.05) is 7.05 Å². The molecule has 0 spiro atoms. The highest BCUT2D eigenvalue weighted by atomic mass is 19.1. The number of hydrogen-bond acceptors (Lipinski definition) is 8. The maximum atomic E-state index is 14.1. The SMILES string of the molecule is CN1C=C(O)OB(c2cc(CC(=O)OC(C)(C)C)cnc2F)OC(O)=C1. The fourth-order valence-corrected chi connectivity index (χ4v) is 2.13. The Labute approximate surface area is 150 Å². The van der Waals surface area contributed by atoms with Crippen molar-refractivity contribution in [3.63, 3.8) is 0 Å². The summed E-state index contributed by atoms with van der Waals surface area (Å²) in [5.41, 5.74) is -0.498. The molecule has 0 atom stereocenters. The van der Waals surface area contributed by atoms with Crippen LogP contribution in [0.3, 0.4) is 0 Å². The van der Waals surface area contributed by atoms with E-state index in [-0.39, 0.29) is 11.9 Å². The van der Waals surface area contributed by atoms with Gasteiger partial charge >= 0.3 is 13.1 Å². The molecule has 26 heavy (non-hydrogen) atoms. The van der Waals surface area contributed by atoms with Crippen LogP contribution < -0.4 is 5.46 Å². The fourth-order valence-electron chi connectivity index (χ4n) is 2.13. The average molecular weight is 366 g/mol. The minimum atomic E-state index is -1.50. The third-order valence-corrected chi connectivity index (χ3v) is 3.03. The van der Waals surface area contributed by atoms with E-state index in [1.807, 2.05) is 0 Å². The molecule has 10 heteroatoms. The van der Waals surface area contributed by atoms with E-state index in [1.165, 1.54) is 24.2 Å². The summed E-state index contributed by atoms with van der Waals surface area (Å²) in [7, 11) is 0.0191. The lowest BCUT2D eigenvalue weighted by atomic mass is 9.78. The van der Waals surface area contributed by atoms with Gasteiger partial charge in [-0.2, -0.15) is 4.39 Å². The summed E-state index contributed by atoms with van der Waals surface area (Å²) in [6.45, 7) is 5.20. The van der Waals surface area contributed by atoms with Crippen molar-refractivity contribution in [1.82, 2.24) is 9.88 Å². The van der Waals surface area contributed by atoms with Gasteiger partial charge in [-0.15, -0.1) is 0 Å². The number of rotatable bonds is 3. The highest BCUT2D eigenvalue weighted by molar-refractivity contribution is 6.61. The lowest BCUT2D eigenvalue weighted by molar-refractivity contribution is -0.153. The molecule has 1 aromatic heterocycles. The average Bonchev–Trinajstić information content (AvgIpc) is 2.44. The molecule has 1 aliphatic rings. The molecule has 1 aliphatic heterocycles. The van der Waals surface area contributed by atoms with Gasteiger partial charge in [0.05, 0.1) is 24.3 Å². The van der Waals surface area contributed by atoms with Gasteiger partial charge in [0.15, 0.2) is 0 Å². The number of aliphatic hydroxyl groups excluding tert-OH is 2. The molecule has 140 valence electrons. The van der Waals surface area contributed by atoms with Crippen molar-refractivity contribution in [3.8, 4) is 0 Å². The van der Waals surface area contributed by atoms with Crippen LogP contribution in [-0.2, 0) is 25.3 Å². The monoisotopic (exact) mass is 366 g/mol. The van der Waals surface area contributed by atoms with Crippen LogP contribution in [0.2, 0.25) is 0 Å². The maximum Gasteiger partial charge on any atom is 0.641 e. The molecule has 0 saturated heterocycles. The Morgan fingerprint density at radius 2 is 1.88 bits per heavy atom. The van der Waals surface area contributed by atoms with Gasteiger partial charge in [0.1, 0.15) is 5.60 Å². The number of aliphatic hydroxyl groups is 2. The summed E-state index contributed by atoms with van der Waals surface area (Å²) in [6, 6.07) is 1.29. The number of carbonyl (C=O) groups is 1. The summed E-state index contributed by atoms with van der Waals surface area (Å²) in [5.74, 6) is -2.56. The van der Waals surface area contributed by atoms with Crippen molar-refractivity contribution < 1.29 is 33.4 Å².